The average molecular weight is 249 g/mol. The number of hydrogen-bond acceptors (Lipinski definition) is 3. The van der Waals surface area contributed by atoms with Crippen molar-refractivity contribution >= 4 is 5.91 Å². The zero-order valence-corrected chi connectivity index (χ0v) is 11.1. The Hall–Kier alpha value is -1.71. The van der Waals surface area contributed by atoms with Crippen LogP contribution in [-0.4, -0.2) is 22.2 Å². The Morgan fingerprint density at radius 2 is 1.50 bits per heavy atom. The van der Waals surface area contributed by atoms with Crippen molar-refractivity contribution in [3.63, 3.8) is 0 Å². The fraction of sp³-hybridized carbons (Fsp3) is 0.500. The quantitative estimate of drug-likeness (QED) is 0.753. The molecule has 1 aliphatic rings. The summed E-state index contributed by atoms with van der Waals surface area (Å²) in [6, 6.07) is 3.98. The van der Waals surface area contributed by atoms with Crippen molar-refractivity contribution in [3.05, 3.63) is 23.8 Å². The number of rotatable bonds is 2. The van der Waals surface area contributed by atoms with Crippen molar-refractivity contribution in [2.75, 3.05) is 0 Å². The van der Waals surface area contributed by atoms with Crippen LogP contribution in [-0.2, 0) is 0 Å². The maximum absolute atomic E-state index is 12.0. The monoisotopic (exact) mass is 249 g/mol. The van der Waals surface area contributed by atoms with Crippen molar-refractivity contribution in [1.29, 1.82) is 0 Å². The van der Waals surface area contributed by atoms with E-state index in [9.17, 15) is 15.0 Å². The molecule has 0 saturated heterocycles. The molecule has 1 saturated carbocycles. The number of hydrogen-bond donors (Lipinski definition) is 3. The number of phenols is 2. The van der Waals surface area contributed by atoms with Crippen molar-refractivity contribution in [3.8, 4) is 11.5 Å². The molecule has 0 heterocycles. The first kappa shape index (κ1) is 12.7. The second-order valence-corrected chi connectivity index (χ2v) is 6.09. The van der Waals surface area contributed by atoms with E-state index in [1.165, 1.54) is 18.2 Å². The molecule has 4 heteroatoms. The first-order chi connectivity index (χ1) is 8.16. The molecule has 1 aliphatic carbocycles. The van der Waals surface area contributed by atoms with E-state index in [2.05, 4.69) is 33.0 Å². The molecular formula is C14H19NO3. The van der Waals surface area contributed by atoms with Crippen molar-refractivity contribution < 1.29 is 15.0 Å². The van der Waals surface area contributed by atoms with Crippen LogP contribution in [0.5, 0.6) is 11.5 Å². The first-order valence-corrected chi connectivity index (χ1v) is 6.00. The topological polar surface area (TPSA) is 69.6 Å². The van der Waals surface area contributed by atoms with Gasteiger partial charge in [-0.25, -0.2) is 0 Å². The summed E-state index contributed by atoms with van der Waals surface area (Å²) in [5.41, 5.74) is 0.384. The number of amides is 1. The lowest BCUT2D eigenvalue weighted by molar-refractivity contribution is 0.0943. The zero-order chi connectivity index (χ0) is 13.7. The molecule has 0 unspecified atom stereocenters. The third-order valence-corrected chi connectivity index (χ3v) is 4.46. The first-order valence-electron chi connectivity index (χ1n) is 6.00. The van der Waals surface area contributed by atoms with Crippen LogP contribution < -0.4 is 5.32 Å². The second kappa shape index (κ2) is 3.64. The minimum Gasteiger partial charge on any atom is -0.508 e. The highest BCUT2D eigenvalue weighted by Gasteiger charge is 2.65. The average Bonchev–Trinajstić information content (AvgIpc) is 2.59. The Morgan fingerprint density at radius 1 is 1.06 bits per heavy atom. The number of carbonyl (C=O) groups excluding carboxylic acids is 1. The molecule has 0 bridgehead atoms. The van der Waals surface area contributed by atoms with E-state index in [1.54, 1.807) is 0 Å². The number of nitrogens with one attached hydrogen (secondary N) is 1. The van der Waals surface area contributed by atoms with Gasteiger partial charge in [-0.2, -0.15) is 0 Å². The molecule has 0 radical (unpaired) electrons. The van der Waals surface area contributed by atoms with Crippen LogP contribution in [0, 0.1) is 10.8 Å². The van der Waals surface area contributed by atoms with Crippen molar-refractivity contribution in [2.24, 2.45) is 10.8 Å². The van der Waals surface area contributed by atoms with Gasteiger partial charge in [0.1, 0.15) is 11.5 Å². The zero-order valence-electron chi connectivity index (χ0n) is 11.1. The molecule has 0 spiro atoms. The van der Waals surface area contributed by atoms with Crippen LogP contribution in [0.15, 0.2) is 18.2 Å². The molecule has 0 aliphatic heterocycles. The van der Waals surface area contributed by atoms with Gasteiger partial charge in [-0.15, -0.1) is 0 Å². The van der Waals surface area contributed by atoms with Crippen LogP contribution >= 0.6 is 0 Å². The third-order valence-electron chi connectivity index (χ3n) is 4.46. The molecule has 4 nitrogen and oxygen atoms in total. The Kier molecular flexibility index (Phi) is 2.58. The van der Waals surface area contributed by atoms with Crippen LogP contribution in [0.25, 0.3) is 0 Å². The lowest BCUT2D eigenvalue weighted by Crippen LogP contribution is -2.29. The Morgan fingerprint density at radius 3 is 1.89 bits per heavy atom. The predicted molar refractivity (Wildman–Crippen MR) is 68.6 cm³/mol. The van der Waals surface area contributed by atoms with Gasteiger partial charge in [-0.1, -0.05) is 27.7 Å². The van der Waals surface area contributed by atoms with Crippen LogP contribution in [0.3, 0.4) is 0 Å². The summed E-state index contributed by atoms with van der Waals surface area (Å²) in [7, 11) is 0. The van der Waals surface area contributed by atoms with E-state index in [4.69, 9.17) is 0 Å². The molecule has 1 fully saturated rings. The maximum Gasteiger partial charge on any atom is 0.251 e. The van der Waals surface area contributed by atoms with Gasteiger partial charge in [0, 0.05) is 17.7 Å². The van der Waals surface area contributed by atoms with Crippen molar-refractivity contribution in [2.45, 2.75) is 33.7 Å². The summed E-state index contributed by atoms with van der Waals surface area (Å²) in [4.78, 5) is 12.0. The molecular weight excluding hydrogens is 230 g/mol. The summed E-state index contributed by atoms with van der Waals surface area (Å²) in [5.74, 6) is -0.506. The molecule has 1 aromatic rings. The predicted octanol–water partition coefficient (Wildman–Crippen LogP) is 2.26. The smallest absolute Gasteiger partial charge is 0.251 e. The standard InChI is InChI=1S/C14H19NO3/c1-13(2)12(14(13,3)4)15-11(18)8-5-9(16)7-10(17)6-8/h5-7,12,16-17H,1-4H3,(H,15,18). The van der Waals surface area contributed by atoms with E-state index >= 15 is 0 Å². The lowest BCUT2D eigenvalue weighted by atomic mass is 10.0. The van der Waals surface area contributed by atoms with Gasteiger partial charge < -0.3 is 15.5 Å². The molecule has 18 heavy (non-hydrogen) atoms. The Balaban J connectivity index is 2.15. The minimum absolute atomic E-state index is 0.0571. The SMILES string of the molecule is CC1(C)C(NC(=O)c2cc(O)cc(O)c2)C1(C)C. The van der Waals surface area contributed by atoms with Crippen LogP contribution in [0.1, 0.15) is 38.1 Å². The van der Waals surface area contributed by atoms with E-state index in [-0.39, 0.29) is 39.8 Å². The van der Waals surface area contributed by atoms with Gasteiger partial charge in [0.05, 0.1) is 0 Å². The van der Waals surface area contributed by atoms with Crippen molar-refractivity contribution in [1.82, 2.24) is 5.32 Å². The Labute approximate surface area is 107 Å². The van der Waals surface area contributed by atoms with Gasteiger partial charge >= 0.3 is 0 Å². The van der Waals surface area contributed by atoms with Gasteiger partial charge in [0.25, 0.3) is 5.91 Å². The third kappa shape index (κ3) is 1.82. The summed E-state index contributed by atoms with van der Waals surface area (Å²) >= 11 is 0. The molecule has 98 valence electrons. The highest BCUT2D eigenvalue weighted by atomic mass is 16.3. The molecule has 3 N–H and O–H groups in total. The number of carbonyl (C=O) groups is 1. The summed E-state index contributed by atoms with van der Waals surface area (Å²) in [6.07, 6.45) is 0. The molecule has 1 aromatic carbocycles. The van der Waals surface area contributed by atoms with E-state index in [1.807, 2.05) is 0 Å². The van der Waals surface area contributed by atoms with Crippen LogP contribution in [0.2, 0.25) is 0 Å². The number of aromatic hydroxyl groups is 2. The lowest BCUT2D eigenvalue weighted by Gasteiger charge is -2.07. The van der Waals surface area contributed by atoms with Gasteiger partial charge in [0.15, 0.2) is 0 Å². The summed E-state index contributed by atoms with van der Waals surface area (Å²) in [6.45, 7) is 8.44. The highest BCUT2D eigenvalue weighted by Crippen LogP contribution is 2.62. The minimum atomic E-state index is -0.273. The highest BCUT2D eigenvalue weighted by molar-refractivity contribution is 5.95. The summed E-state index contributed by atoms with van der Waals surface area (Å²) < 4.78 is 0. The van der Waals surface area contributed by atoms with Gasteiger partial charge in [0.2, 0.25) is 0 Å². The maximum atomic E-state index is 12.0. The number of phenolic OH excluding ortho intramolecular Hbond substituents is 2. The molecule has 0 aromatic heterocycles. The van der Waals surface area contributed by atoms with E-state index in [0.717, 1.165) is 0 Å². The molecule has 1 amide bonds. The second-order valence-electron chi connectivity index (χ2n) is 6.09. The molecule has 0 atom stereocenters. The van der Waals surface area contributed by atoms with Gasteiger partial charge in [-0.3, -0.25) is 4.79 Å². The Bertz CT molecular complexity index is 472. The normalized spacial score (nSPS) is 20.4. The summed E-state index contributed by atoms with van der Waals surface area (Å²) in [5, 5.41) is 21.7. The largest absolute Gasteiger partial charge is 0.508 e. The van der Waals surface area contributed by atoms with Crippen LogP contribution in [0.4, 0.5) is 0 Å². The van der Waals surface area contributed by atoms with E-state index < -0.39 is 0 Å². The fourth-order valence-corrected chi connectivity index (χ4v) is 2.50. The van der Waals surface area contributed by atoms with E-state index in [0.29, 0.717) is 0 Å². The van der Waals surface area contributed by atoms with Gasteiger partial charge in [-0.05, 0) is 23.0 Å². The number of benzene rings is 1. The molecule has 2 rings (SSSR count). The fourth-order valence-electron chi connectivity index (χ4n) is 2.50.